The Morgan fingerprint density at radius 2 is 1.81 bits per heavy atom. The fourth-order valence-corrected chi connectivity index (χ4v) is 2.67. The molecule has 0 fully saturated rings. The van der Waals surface area contributed by atoms with Crippen LogP contribution in [-0.2, 0) is 20.1 Å². The third-order valence-electron chi connectivity index (χ3n) is 4.15. The van der Waals surface area contributed by atoms with Crippen molar-refractivity contribution in [2.75, 3.05) is 14.2 Å². The van der Waals surface area contributed by atoms with Gasteiger partial charge in [0.2, 0.25) is 0 Å². The van der Waals surface area contributed by atoms with Crippen LogP contribution in [0.1, 0.15) is 11.3 Å². The third kappa shape index (κ3) is 4.87. The van der Waals surface area contributed by atoms with Crippen molar-refractivity contribution in [2.45, 2.75) is 13.1 Å². The third-order valence-corrected chi connectivity index (χ3v) is 4.15. The molecule has 0 aliphatic heterocycles. The minimum Gasteiger partial charge on any atom is -0.497 e. The zero-order chi connectivity index (χ0) is 17.6. The summed E-state index contributed by atoms with van der Waals surface area (Å²) in [5.41, 5.74) is 2.30. The second-order valence-electron chi connectivity index (χ2n) is 5.77. The van der Waals surface area contributed by atoms with E-state index in [0.29, 0.717) is 13.1 Å². The SMILES string of the molecule is CN=C(NCc1ccc2cc(OC)ccc2c1)NCc1ccnn1C.I. The second kappa shape index (κ2) is 9.42. The van der Waals surface area contributed by atoms with Crippen LogP contribution in [-0.4, -0.2) is 29.9 Å². The van der Waals surface area contributed by atoms with E-state index in [1.807, 2.05) is 29.9 Å². The Hall–Kier alpha value is -2.29. The number of fused-ring (bicyclic) bond motifs is 1. The first-order chi connectivity index (χ1) is 12.2. The maximum atomic E-state index is 5.27. The standard InChI is InChI=1S/C19H23N5O.HI/c1-20-19(22-13-17-8-9-23-24(17)2)21-12-14-4-5-16-11-18(25-3)7-6-15(16)10-14;/h4-11H,12-13H2,1-3H3,(H2,20,21,22);1H. The van der Waals surface area contributed by atoms with Crippen molar-refractivity contribution in [2.24, 2.45) is 12.0 Å². The zero-order valence-corrected chi connectivity index (χ0v) is 17.5. The highest BCUT2D eigenvalue weighted by atomic mass is 127. The Kier molecular flexibility index (Phi) is 7.26. The molecule has 0 unspecified atom stereocenters. The summed E-state index contributed by atoms with van der Waals surface area (Å²) in [5, 5.41) is 13.2. The van der Waals surface area contributed by atoms with Crippen LogP contribution in [0.3, 0.4) is 0 Å². The van der Waals surface area contributed by atoms with Crippen molar-refractivity contribution >= 4 is 40.7 Å². The predicted molar refractivity (Wildman–Crippen MR) is 116 cm³/mol. The summed E-state index contributed by atoms with van der Waals surface area (Å²) in [4.78, 5) is 4.27. The summed E-state index contributed by atoms with van der Waals surface area (Å²) in [7, 11) is 5.38. The van der Waals surface area contributed by atoms with Crippen LogP contribution >= 0.6 is 24.0 Å². The maximum absolute atomic E-state index is 5.27. The number of aryl methyl sites for hydroxylation is 1. The van der Waals surface area contributed by atoms with Gasteiger partial charge in [0.25, 0.3) is 0 Å². The van der Waals surface area contributed by atoms with E-state index in [0.717, 1.165) is 17.4 Å². The first-order valence-electron chi connectivity index (χ1n) is 8.17. The molecule has 1 aromatic heterocycles. The van der Waals surface area contributed by atoms with E-state index in [1.54, 1.807) is 20.4 Å². The van der Waals surface area contributed by atoms with Gasteiger partial charge in [0.15, 0.2) is 5.96 Å². The number of aliphatic imine (C=N–C) groups is 1. The smallest absolute Gasteiger partial charge is 0.191 e. The lowest BCUT2D eigenvalue weighted by Gasteiger charge is -2.12. The molecule has 2 aromatic carbocycles. The number of rotatable bonds is 5. The van der Waals surface area contributed by atoms with Gasteiger partial charge in [-0.05, 0) is 40.6 Å². The average Bonchev–Trinajstić information content (AvgIpc) is 3.06. The van der Waals surface area contributed by atoms with Gasteiger partial charge in [0, 0.05) is 26.8 Å². The molecular formula is C19H24IN5O. The Labute approximate surface area is 170 Å². The highest BCUT2D eigenvalue weighted by molar-refractivity contribution is 14.0. The van der Waals surface area contributed by atoms with Gasteiger partial charge in [0.05, 0.1) is 19.3 Å². The molecule has 0 aliphatic carbocycles. The van der Waals surface area contributed by atoms with Gasteiger partial charge < -0.3 is 15.4 Å². The lowest BCUT2D eigenvalue weighted by molar-refractivity contribution is 0.415. The topological polar surface area (TPSA) is 63.5 Å². The predicted octanol–water partition coefficient (Wildman–Crippen LogP) is 3.07. The van der Waals surface area contributed by atoms with Crippen molar-refractivity contribution in [1.82, 2.24) is 20.4 Å². The number of benzene rings is 2. The molecule has 0 saturated heterocycles. The molecule has 0 spiro atoms. The second-order valence-corrected chi connectivity index (χ2v) is 5.77. The monoisotopic (exact) mass is 465 g/mol. The van der Waals surface area contributed by atoms with Crippen LogP contribution in [0, 0.1) is 0 Å². The maximum Gasteiger partial charge on any atom is 0.191 e. The first kappa shape index (κ1) is 20.0. The van der Waals surface area contributed by atoms with Crippen LogP contribution in [0.5, 0.6) is 5.75 Å². The van der Waals surface area contributed by atoms with Gasteiger partial charge in [0.1, 0.15) is 5.75 Å². The van der Waals surface area contributed by atoms with E-state index < -0.39 is 0 Å². The minimum absolute atomic E-state index is 0. The van der Waals surface area contributed by atoms with Crippen molar-refractivity contribution in [3.63, 3.8) is 0 Å². The lowest BCUT2D eigenvalue weighted by atomic mass is 10.1. The number of guanidine groups is 1. The number of hydrogen-bond donors (Lipinski definition) is 2. The number of nitrogens with zero attached hydrogens (tertiary/aromatic N) is 3. The molecule has 138 valence electrons. The highest BCUT2D eigenvalue weighted by Gasteiger charge is 2.03. The normalized spacial score (nSPS) is 11.1. The Morgan fingerprint density at radius 3 is 2.50 bits per heavy atom. The number of halogens is 1. The molecule has 0 radical (unpaired) electrons. The largest absolute Gasteiger partial charge is 0.497 e. The molecule has 1 heterocycles. The van der Waals surface area contributed by atoms with Gasteiger partial charge in [-0.15, -0.1) is 24.0 Å². The quantitative estimate of drug-likeness (QED) is 0.346. The molecule has 0 amide bonds. The average molecular weight is 465 g/mol. The van der Waals surface area contributed by atoms with Crippen LogP contribution in [0.2, 0.25) is 0 Å². The number of ether oxygens (including phenoxy) is 1. The van der Waals surface area contributed by atoms with Crippen LogP contribution in [0.15, 0.2) is 53.7 Å². The molecule has 3 rings (SSSR count). The molecular weight excluding hydrogens is 441 g/mol. The molecule has 0 bridgehead atoms. The zero-order valence-electron chi connectivity index (χ0n) is 15.2. The molecule has 0 atom stereocenters. The molecule has 2 N–H and O–H groups in total. The van der Waals surface area contributed by atoms with E-state index in [-0.39, 0.29) is 24.0 Å². The molecule has 3 aromatic rings. The van der Waals surface area contributed by atoms with Crippen molar-refractivity contribution < 1.29 is 4.74 Å². The van der Waals surface area contributed by atoms with E-state index in [2.05, 4.69) is 45.0 Å². The van der Waals surface area contributed by atoms with E-state index in [4.69, 9.17) is 4.74 Å². The van der Waals surface area contributed by atoms with Crippen molar-refractivity contribution in [3.8, 4) is 5.75 Å². The van der Waals surface area contributed by atoms with Crippen molar-refractivity contribution in [1.29, 1.82) is 0 Å². The summed E-state index contributed by atoms with van der Waals surface area (Å²) in [5.74, 6) is 1.63. The summed E-state index contributed by atoms with van der Waals surface area (Å²) in [6.45, 7) is 1.38. The molecule has 26 heavy (non-hydrogen) atoms. The lowest BCUT2D eigenvalue weighted by Crippen LogP contribution is -2.36. The molecule has 0 saturated carbocycles. The van der Waals surface area contributed by atoms with Gasteiger partial charge in [-0.25, -0.2) is 0 Å². The van der Waals surface area contributed by atoms with Crippen molar-refractivity contribution in [3.05, 3.63) is 59.9 Å². The molecule has 7 heteroatoms. The Bertz CT molecular complexity index is 891. The fraction of sp³-hybridized carbons (Fsp3) is 0.263. The van der Waals surface area contributed by atoms with Crippen LogP contribution < -0.4 is 15.4 Å². The fourth-order valence-electron chi connectivity index (χ4n) is 2.67. The summed E-state index contributed by atoms with van der Waals surface area (Å²) >= 11 is 0. The first-order valence-corrected chi connectivity index (χ1v) is 8.17. The number of aromatic nitrogens is 2. The molecule has 6 nitrogen and oxygen atoms in total. The Morgan fingerprint density at radius 1 is 1.08 bits per heavy atom. The van der Waals surface area contributed by atoms with E-state index >= 15 is 0 Å². The van der Waals surface area contributed by atoms with Gasteiger partial charge in [-0.1, -0.05) is 18.2 Å². The minimum atomic E-state index is 0. The van der Waals surface area contributed by atoms with Crippen LogP contribution in [0.4, 0.5) is 0 Å². The van der Waals surface area contributed by atoms with E-state index in [9.17, 15) is 0 Å². The highest BCUT2D eigenvalue weighted by Crippen LogP contribution is 2.21. The van der Waals surface area contributed by atoms with E-state index in [1.165, 1.54) is 16.3 Å². The number of methoxy groups -OCH3 is 1. The Balaban J connectivity index is 0.00000243. The molecule has 0 aliphatic rings. The summed E-state index contributed by atoms with van der Waals surface area (Å²) in [6, 6.07) is 14.5. The summed E-state index contributed by atoms with van der Waals surface area (Å²) < 4.78 is 7.11. The van der Waals surface area contributed by atoms with Gasteiger partial charge in [-0.2, -0.15) is 5.10 Å². The summed E-state index contributed by atoms with van der Waals surface area (Å²) in [6.07, 6.45) is 1.79. The van der Waals surface area contributed by atoms with Gasteiger partial charge in [-0.3, -0.25) is 9.67 Å². The van der Waals surface area contributed by atoms with Crippen LogP contribution in [0.25, 0.3) is 10.8 Å². The number of hydrogen-bond acceptors (Lipinski definition) is 3. The van der Waals surface area contributed by atoms with Gasteiger partial charge >= 0.3 is 0 Å². The number of nitrogens with one attached hydrogen (secondary N) is 2.